The van der Waals surface area contributed by atoms with Crippen LogP contribution >= 0.6 is 0 Å². The van der Waals surface area contributed by atoms with Gasteiger partial charge in [-0.25, -0.2) is 17.9 Å². The molecule has 0 spiro atoms. The van der Waals surface area contributed by atoms with E-state index >= 15 is 0 Å². The average molecular weight is 356 g/mol. The molecule has 0 unspecified atom stereocenters. The maximum atomic E-state index is 12.5. The number of aliphatic hydroxyl groups excluding tert-OH is 1. The quantitative estimate of drug-likeness (QED) is 0.528. The van der Waals surface area contributed by atoms with Crippen LogP contribution in [0, 0.1) is 0 Å². The molecule has 134 valence electrons. The van der Waals surface area contributed by atoms with Gasteiger partial charge in [0.15, 0.2) is 0 Å². The highest BCUT2D eigenvalue weighted by atomic mass is 32.2. The zero-order valence-electron chi connectivity index (χ0n) is 13.5. The number of nitrogens with one attached hydrogen (secondary N) is 2. The molecule has 1 aliphatic rings. The largest absolute Gasteiger partial charge is 0.478 e. The molecule has 0 radical (unpaired) electrons. The normalized spacial score (nSPS) is 16.0. The summed E-state index contributed by atoms with van der Waals surface area (Å²) in [6.07, 6.45) is 5.62. The third-order valence-electron chi connectivity index (χ3n) is 4.11. The smallest absolute Gasteiger partial charge is 0.335 e. The second-order valence-corrected chi connectivity index (χ2v) is 7.71. The van der Waals surface area contributed by atoms with Gasteiger partial charge in [-0.05, 0) is 37.5 Å². The Balaban J connectivity index is 2.29. The first-order chi connectivity index (χ1) is 11.4. The van der Waals surface area contributed by atoms with Gasteiger partial charge in [0.25, 0.3) is 0 Å². The summed E-state index contributed by atoms with van der Waals surface area (Å²) in [6, 6.07) is 4.29. The summed E-state index contributed by atoms with van der Waals surface area (Å²) in [5.74, 6) is -1.17. The number of hydrogen-bond donors (Lipinski definition) is 4. The van der Waals surface area contributed by atoms with Gasteiger partial charge in [-0.1, -0.05) is 19.3 Å². The second-order valence-electron chi connectivity index (χ2n) is 5.97. The molecule has 0 atom stereocenters. The number of sulfonamides is 1. The fraction of sp³-hybridized carbons (Fsp3) is 0.562. The summed E-state index contributed by atoms with van der Waals surface area (Å²) in [5, 5.41) is 21.2. The van der Waals surface area contributed by atoms with Gasteiger partial charge < -0.3 is 15.5 Å². The van der Waals surface area contributed by atoms with Crippen molar-refractivity contribution >= 4 is 21.7 Å². The highest BCUT2D eigenvalue weighted by Crippen LogP contribution is 2.27. The fourth-order valence-electron chi connectivity index (χ4n) is 2.83. The van der Waals surface area contributed by atoms with E-state index in [2.05, 4.69) is 10.0 Å². The first-order valence-corrected chi connectivity index (χ1v) is 9.67. The van der Waals surface area contributed by atoms with E-state index in [1.165, 1.54) is 24.6 Å². The number of benzene rings is 1. The molecular weight excluding hydrogens is 332 g/mol. The molecule has 0 aromatic heterocycles. The predicted octanol–water partition coefficient (Wildman–Crippen LogP) is 1.79. The molecule has 1 aromatic rings. The maximum Gasteiger partial charge on any atom is 0.335 e. The Morgan fingerprint density at radius 3 is 2.54 bits per heavy atom. The molecule has 4 N–H and O–H groups in total. The Kier molecular flexibility index (Phi) is 6.59. The summed E-state index contributed by atoms with van der Waals surface area (Å²) in [7, 11) is -3.86. The van der Waals surface area contributed by atoms with E-state index < -0.39 is 16.0 Å². The van der Waals surface area contributed by atoms with Crippen LogP contribution in [0.4, 0.5) is 5.69 Å². The van der Waals surface area contributed by atoms with E-state index in [-0.39, 0.29) is 29.7 Å². The topological polar surface area (TPSA) is 116 Å². The lowest BCUT2D eigenvalue weighted by Crippen LogP contribution is -2.28. The van der Waals surface area contributed by atoms with Crippen molar-refractivity contribution in [3.63, 3.8) is 0 Å². The first-order valence-electron chi connectivity index (χ1n) is 8.18. The van der Waals surface area contributed by atoms with Crippen LogP contribution in [0.1, 0.15) is 48.9 Å². The minimum atomic E-state index is -3.86. The van der Waals surface area contributed by atoms with E-state index in [9.17, 15) is 13.2 Å². The number of anilines is 1. The molecule has 0 bridgehead atoms. The van der Waals surface area contributed by atoms with Crippen molar-refractivity contribution in [2.45, 2.75) is 49.5 Å². The number of aliphatic hydroxyl groups is 1. The van der Waals surface area contributed by atoms with Crippen molar-refractivity contribution in [1.82, 2.24) is 4.72 Å². The number of rotatable bonds is 8. The van der Waals surface area contributed by atoms with Gasteiger partial charge >= 0.3 is 5.97 Å². The second kappa shape index (κ2) is 8.46. The molecule has 1 aromatic carbocycles. The number of carboxylic acids is 1. The van der Waals surface area contributed by atoms with Gasteiger partial charge in [0.05, 0.1) is 11.3 Å². The Hall–Kier alpha value is -1.64. The number of hydrogen-bond acceptors (Lipinski definition) is 5. The zero-order chi connectivity index (χ0) is 17.6. The third kappa shape index (κ3) is 4.93. The minimum absolute atomic E-state index is 0.0640. The van der Waals surface area contributed by atoms with Crippen molar-refractivity contribution in [3.05, 3.63) is 23.8 Å². The van der Waals surface area contributed by atoms with Crippen LogP contribution in [0.2, 0.25) is 0 Å². The molecule has 0 saturated heterocycles. The van der Waals surface area contributed by atoms with Gasteiger partial charge in [0, 0.05) is 19.2 Å². The molecule has 1 aliphatic carbocycles. The van der Waals surface area contributed by atoms with Gasteiger partial charge in [-0.3, -0.25) is 0 Å². The molecule has 8 heteroatoms. The number of carboxylic acid groups (broad SMARTS) is 1. The SMILES string of the molecule is O=C(O)c1ccc(NC2CCCCC2)c(S(=O)(=O)NCCCO)c1. The molecule has 0 amide bonds. The van der Waals surface area contributed by atoms with Gasteiger partial charge in [0.1, 0.15) is 4.90 Å². The Labute approximate surface area is 142 Å². The van der Waals surface area contributed by atoms with Crippen molar-refractivity contribution in [3.8, 4) is 0 Å². The molecule has 7 nitrogen and oxygen atoms in total. The third-order valence-corrected chi connectivity index (χ3v) is 5.61. The van der Waals surface area contributed by atoms with Crippen LogP contribution in [-0.2, 0) is 10.0 Å². The van der Waals surface area contributed by atoms with Crippen LogP contribution in [0.5, 0.6) is 0 Å². The summed E-state index contributed by atoms with van der Waals surface area (Å²) in [6.45, 7) is -0.0239. The molecular formula is C16H24N2O5S. The van der Waals surface area contributed by atoms with Gasteiger partial charge in [0.2, 0.25) is 10.0 Å². The summed E-state index contributed by atoms with van der Waals surface area (Å²) < 4.78 is 27.4. The summed E-state index contributed by atoms with van der Waals surface area (Å²) in [5.41, 5.74) is 0.343. The van der Waals surface area contributed by atoms with Crippen molar-refractivity contribution in [1.29, 1.82) is 0 Å². The first kappa shape index (κ1) is 18.7. The van der Waals surface area contributed by atoms with Crippen LogP contribution in [0.3, 0.4) is 0 Å². The highest BCUT2D eigenvalue weighted by Gasteiger charge is 2.22. The lowest BCUT2D eigenvalue weighted by molar-refractivity contribution is 0.0696. The monoisotopic (exact) mass is 356 g/mol. The number of carbonyl (C=O) groups is 1. The van der Waals surface area contributed by atoms with E-state index in [4.69, 9.17) is 10.2 Å². The van der Waals surface area contributed by atoms with Crippen molar-refractivity contribution in [2.24, 2.45) is 0 Å². The molecule has 24 heavy (non-hydrogen) atoms. The molecule has 1 fully saturated rings. The molecule has 2 rings (SSSR count). The highest BCUT2D eigenvalue weighted by molar-refractivity contribution is 7.89. The van der Waals surface area contributed by atoms with Crippen LogP contribution in [0.15, 0.2) is 23.1 Å². The summed E-state index contributed by atoms with van der Waals surface area (Å²) in [4.78, 5) is 11.1. The Bertz CT molecular complexity index is 669. The van der Waals surface area contributed by atoms with Crippen LogP contribution in [0.25, 0.3) is 0 Å². The fourth-order valence-corrected chi connectivity index (χ4v) is 4.09. The molecule has 0 heterocycles. The Morgan fingerprint density at radius 1 is 1.21 bits per heavy atom. The van der Waals surface area contributed by atoms with Crippen LogP contribution < -0.4 is 10.0 Å². The van der Waals surface area contributed by atoms with Gasteiger partial charge in [-0.15, -0.1) is 0 Å². The number of aromatic carboxylic acids is 1. The lowest BCUT2D eigenvalue weighted by Gasteiger charge is -2.25. The van der Waals surface area contributed by atoms with Crippen molar-refractivity contribution in [2.75, 3.05) is 18.5 Å². The zero-order valence-corrected chi connectivity index (χ0v) is 14.3. The standard InChI is InChI=1S/C16H24N2O5S/c19-10-4-9-17-24(22,23)15-11-12(16(20)21)7-8-14(15)18-13-5-2-1-3-6-13/h7-8,11,13,17-19H,1-6,9-10H2,(H,20,21). The van der Waals surface area contributed by atoms with E-state index in [1.54, 1.807) is 0 Å². The predicted molar refractivity (Wildman–Crippen MR) is 90.8 cm³/mol. The van der Waals surface area contributed by atoms with Crippen LogP contribution in [-0.4, -0.2) is 43.8 Å². The minimum Gasteiger partial charge on any atom is -0.478 e. The summed E-state index contributed by atoms with van der Waals surface area (Å²) >= 11 is 0. The Morgan fingerprint density at radius 2 is 1.92 bits per heavy atom. The van der Waals surface area contributed by atoms with E-state index in [0.717, 1.165) is 25.7 Å². The maximum absolute atomic E-state index is 12.5. The van der Waals surface area contributed by atoms with E-state index in [0.29, 0.717) is 12.1 Å². The molecule has 0 aliphatic heterocycles. The van der Waals surface area contributed by atoms with Crippen molar-refractivity contribution < 1.29 is 23.4 Å². The van der Waals surface area contributed by atoms with Gasteiger partial charge in [-0.2, -0.15) is 0 Å². The molecule has 1 saturated carbocycles. The van der Waals surface area contributed by atoms with E-state index in [1.807, 2.05) is 0 Å². The average Bonchev–Trinajstić information content (AvgIpc) is 2.56. The lowest BCUT2D eigenvalue weighted by atomic mass is 9.95.